The second kappa shape index (κ2) is 6.52. The molecule has 0 saturated carbocycles. The normalized spacial score (nSPS) is 17.6. The molecule has 0 N–H and O–H groups in total. The highest BCUT2D eigenvalue weighted by Crippen LogP contribution is 2.25. The first-order valence-electron chi connectivity index (χ1n) is 7.87. The summed E-state index contributed by atoms with van der Waals surface area (Å²) in [7, 11) is 0. The maximum Gasteiger partial charge on any atom is 0.276 e. The van der Waals surface area contributed by atoms with Crippen molar-refractivity contribution in [2.75, 3.05) is 19.7 Å². The fourth-order valence-corrected chi connectivity index (χ4v) is 2.79. The van der Waals surface area contributed by atoms with E-state index in [-0.39, 0.29) is 23.5 Å². The molecule has 1 saturated heterocycles. The van der Waals surface area contributed by atoms with E-state index in [0.29, 0.717) is 31.2 Å². The van der Waals surface area contributed by atoms with Gasteiger partial charge in [-0.05, 0) is 29.8 Å². The Labute approximate surface area is 142 Å². The topological polar surface area (TPSA) is 68.7 Å². The molecule has 7 heteroatoms. The molecule has 1 aliphatic heterocycles. The highest BCUT2D eigenvalue weighted by molar-refractivity contribution is 5.93. The number of hydrogen-bond donors (Lipinski definition) is 0. The van der Waals surface area contributed by atoms with Crippen LogP contribution in [0.15, 0.2) is 57.7 Å². The molecular formula is C18H15FN2O4. The van der Waals surface area contributed by atoms with Gasteiger partial charge in [0.05, 0.1) is 19.4 Å². The van der Waals surface area contributed by atoms with E-state index in [4.69, 9.17) is 13.7 Å². The molecule has 3 aromatic rings. The number of carbonyl (C=O) groups is 1. The van der Waals surface area contributed by atoms with Gasteiger partial charge in [-0.1, -0.05) is 17.3 Å². The molecule has 1 aromatic carbocycles. The van der Waals surface area contributed by atoms with E-state index in [9.17, 15) is 9.18 Å². The third kappa shape index (κ3) is 3.18. The SMILES string of the molecule is O=C(c1cc(-c2ccco2)on1)N1CCOC(c2ccc(F)cc2)C1. The van der Waals surface area contributed by atoms with Gasteiger partial charge in [-0.25, -0.2) is 4.39 Å². The number of rotatable bonds is 3. The Hall–Kier alpha value is -2.93. The lowest BCUT2D eigenvalue weighted by Gasteiger charge is -2.32. The number of nitrogens with zero attached hydrogens (tertiary/aromatic N) is 2. The van der Waals surface area contributed by atoms with Gasteiger partial charge in [-0.15, -0.1) is 0 Å². The zero-order valence-corrected chi connectivity index (χ0v) is 13.2. The Kier molecular flexibility index (Phi) is 4.07. The van der Waals surface area contributed by atoms with Crippen LogP contribution in [0.3, 0.4) is 0 Å². The van der Waals surface area contributed by atoms with Gasteiger partial charge in [-0.3, -0.25) is 4.79 Å². The summed E-state index contributed by atoms with van der Waals surface area (Å²) in [6.45, 7) is 1.23. The molecule has 1 fully saturated rings. The summed E-state index contributed by atoms with van der Waals surface area (Å²) >= 11 is 0. The molecule has 25 heavy (non-hydrogen) atoms. The Morgan fingerprint density at radius 2 is 2.04 bits per heavy atom. The van der Waals surface area contributed by atoms with E-state index in [2.05, 4.69) is 5.16 Å². The minimum absolute atomic E-state index is 0.214. The van der Waals surface area contributed by atoms with Crippen LogP contribution in [0.4, 0.5) is 4.39 Å². The third-order valence-electron chi connectivity index (χ3n) is 4.09. The molecule has 4 rings (SSSR count). The van der Waals surface area contributed by atoms with Crippen molar-refractivity contribution in [1.82, 2.24) is 10.1 Å². The van der Waals surface area contributed by atoms with Crippen molar-refractivity contribution >= 4 is 5.91 Å². The number of amides is 1. The molecule has 1 aliphatic rings. The number of benzene rings is 1. The van der Waals surface area contributed by atoms with E-state index in [0.717, 1.165) is 5.56 Å². The maximum atomic E-state index is 13.1. The van der Waals surface area contributed by atoms with Crippen molar-refractivity contribution in [3.63, 3.8) is 0 Å². The van der Waals surface area contributed by atoms with Crippen LogP contribution < -0.4 is 0 Å². The maximum absolute atomic E-state index is 13.1. The van der Waals surface area contributed by atoms with Crippen molar-refractivity contribution < 1.29 is 22.9 Å². The Morgan fingerprint density at radius 3 is 2.80 bits per heavy atom. The number of carbonyl (C=O) groups excluding carboxylic acids is 1. The number of halogens is 1. The second-order valence-corrected chi connectivity index (χ2v) is 5.72. The largest absolute Gasteiger partial charge is 0.461 e. The van der Waals surface area contributed by atoms with E-state index >= 15 is 0 Å². The fourth-order valence-electron chi connectivity index (χ4n) is 2.79. The van der Waals surface area contributed by atoms with Gasteiger partial charge >= 0.3 is 0 Å². The Balaban J connectivity index is 1.49. The summed E-state index contributed by atoms with van der Waals surface area (Å²) in [6, 6.07) is 11.1. The highest BCUT2D eigenvalue weighted by Gasteiger charge is 2.28. The fraction of sp³-hybridized carbons (Fsp3) is 0.222. The lowest BCUT2D eigenvalue weighted by atomic mass is 10.1. The van der Waals surface area contributed by atoms with Crippen LogP contribution in [0.1, 0.15) is 22.2 Å². The summed E-state index contributed by atoms with van der Waals surface area (Å²) < 4.78 is 29.2. The van der Waals surface area contributed by atoms with Crippen LogP contribution in [0.2, 0.25) is 0 Å². The minimum Gasteiger partial charge on any atom is -0.461 e. The Morgan fingerprint density at radius 1 is 1.20 bits per heavy atom. The van der Waals surface area contributed by atoms with Crippen molar-refractivity contribution in [2.45, 2.75) is 6.10 Å². The van der Waals surface area contributed by atoms with Crippen molar-refractivity contribution in [1.29, 1.82) is 0 Å². The predicted molar refractivity (Wildman–Crippen MR) is 85.2 cm³/mol. The van der Waals surface area contributed by atoms with Crippen LogP contribution in [-0.2, 0) is 4.74 Å². The first-order valence-corrected chi connectivity index (χ1v) is 7.87. The summed E-state index contributed by atoms with van der Waals surface area (Å²) in [6.07, 6.45) is 1.23. The van der Waals surface area contributed by atoms with Gasteiger partial charge in [0.25, 0.3) is 5.91 Å². The van der Waals surface area contributed by atoms with Crippen molar-refractivity contribution in [3.8, 4) is 11.5 Å². The molecule has 0 aliphatic carbocycles. The first kappa shape index (κ1) is 15.6. The summed E-state index contributed by atoms with van der Waals surface area (Å²) in [5, 5.41) is 3.84. The zero-order valence-electron chi connectivity index (χ0n) is 13.2. The standard InChI is InChI=1S/C18H15FN2O4/c19-13-5-3-12(4-6-13)17-11-21(7-9-24-17)18(22)14-10-16(25-20-14)15-2-1-8-23-15/h1-6,8,10,17H,7,9,11H2. The molecule has 128 valence electrons. The quantitative estimate of drug-likeness (QED) is 0.730. The lowest BCUT2D eigenvalue weighted by molar-refractivity contribution is -0.0231. The van der Waals surface area contributed by atoms with Gasteiger partial charge in [0.15, 0.2) is 11.5 Å². The van der Waals surface area contributed by atoms with E-state index < -0.39 is 0 Å². The van der Waals surface area contributed by atoms with E-state index in [1.807, 2.05) is 0 Å². The van der Waals surface area contributed by atoms with Crippen LogP contribution in [0.5, 0.6) is 0 Å². The second-order valence-electron chi connectivity index (χ2n) is 5.72. The molecule has 6 nitrogen and oxygen atoms in total. The summed E-state index contributed by atoms with van der Waals surface area (Å²) in [5.41, 5.74) is 1.04. The number of hydrogen-bond acceptors (Lipinski definition) is 5. The number of ether oxygens (including phenoxy) is 1. The molecule has 1 amide bonds. The van der Waals surface area contributed by atoms with Gasteiger partial charge in [-0.2, -0.15) is 0 Å². The number of aromatic nitrogens is 1. The van der Waals surface area contributed by atoms with Crippen molar-refractivity contribution in [2.24, 2.45) is 0 Å². The summed E-state index contributed by atoms with van der Waals surface area (Å²) in [4.78, 5) is 14.3. The lowest BCUT2D eigenvalue weighted by Crippen LogP contribution is -2.42. The molecule has 0 radical (unpaired) electrons. The molecule has 2 aromatic heterocycles. The molecule has 0 bridgehead atoms. The van der Waals surface area contributed by atoms with Crippen LogP contribution in [0, 0.1) is 5.82 Å². The van der Waals surface area contributed by atoms with Crippen molar-refractivity contribution in [3.05, 3.63) is 65.8 Å². The zero-order chi connectivity index (χ0) is 17.2. The average molecular weight is 342 g/mol. The Bertz CT molecular complexity index is 858. The smallest absolute Gasteiger partial charge is 0.276 e. The number of furan rings is 1. The molecular weight excluding hydrogens is 327 g/mol. The monoisotopic (exact) mass is 342 g/mol. The number of morpholine rings is 1. The van der Waals surface area contributed by atoms with Gasteiger partial charge in [0.2, 0.25) is 5.76 Å². The van der Waals surface area contributed by atoms with Crippen LogP contribution in [-0.4, -0.2) is 35.7 Å². The van der Waals surface area contributed by atoms with E-state index in [1.165, 1.54) is 18.4 Å². The van der Waals surface area contributed by atoms with E-state index in [1.54, 1.807) is 35.2 Å². The third-order valence-corrected chi connectivity index (χ3v) is 4.09. The van der Waals surface area contributed by atoms with Gasteiger partial charge in [0.1, 0.15) is 11.9 Å². The molecule has 1 unspecified atom stereocenters. The average Bonchev–Trinajstić information content (AvgIpc) is 3.33. The predicted octanol–water partition coefficient (Wildman–Crippen LogP) is 3.29. The summed E-state index contributed by atoms with van der Waals surface area (Å²) in [5.74, 6) is 0.368. The van der Waals surface area contributed by atoms with Gasteiger partial charge in [0, 0.05) is 12.6 Å². The van der Waals surface area contributed by atoms with Gasteiger partial charge < -0.3 is 18.6 Å². The van der Waals surface area contributed by atoms with Crippen LogP contribution in [0.25, 0.3) is 11.5 Å². The molecule has 0 spiro atoms. The molecule has 3 heterocycles. The first-order chi connectivity index (χ1) is 12.2. The molecule has 1 atom stereocenters. The minimum atomic E-state index is -0.305. The van der Waals surface area contributed by atoms with Crippen LogP contribution >= 0.6 is 0 Å². The highest BCUT2D eigenvalue weighted by atomic mass is 19.1.